The van der Waals surface area contributed by atoms with Crippen molar-refractivity contribution in [3.63, 3.8) is 0 Å². The first-order chi connectivity index (χ1) is 3.72. The van der Waals surface area contributed by atoms with Crippen LogP contribution < -0.4 is 24.6 Å². The molecule has 9 heavy (non-hydrogen) atoms. The zero-order valence-corrected chi connectivity index (χ0v) is 6.35. The number of nitrogens with zero attached hydrogens (tertiary/aromatic N) is 1. The van der Waals surface area contributed by atoms with Crippen LogP contribution in [0, 0.1) is 0 Å². The number of carbonyl (C=O) groups excluding carboxylic acids is 1. The molecule has 3 nitrogen and oxygen atoms in total. The van der Waals surface area contributed by atoms with E-state index in [1.54, 1.807) is 4.90 Å². The number of urea groups is 1. The molecule has 0 saturated carbocycles. The van der Waals surface area contributed by atoms with E-state index in [2.05, 4.69) is 0 Å². The van der Waals surface area contributed by atoms with Crippen LogP contribution in [-0.4, -0.2) is 24.0 Å². The smallest absolute Gasteiger partial charge is 0.351 e. The van der Waals surface area contributed by atoms with Crippen LogP contribution in [0.3, 0.4) is 0 Å². The van der Waals surface area contributed by atoms with E-state index in [-0.39, 0.29) is 24.9 Å². The summed E-state index contributed by atoms with van der Waals surface area (Å²) in [7, 11) is 0. The zero-order valence-electron chi connectivity index (χ0n) is 6.35. The van der Waals surface area contributed by atoms with Gasteiger partial charge in [-0.05, 0) is 13.8 Å². The summed E-state index contributed by atoms with van der Waals surface area (Å²) in [6.07, 6.45) is 0. The molecule has 0 aromatic heterocycles. The summed E-state index contributed by atoms with van der Waals surface area (Å²) in [5, 5.41) is 0. The van der Waals surface area contributed by atoms with Crippen molar-refractivity contribution in [2.45, 2.75) is 13.8 Å². The van der Waals surface area contributed by atoms with E-state index in [0.717, 1.165) is 0 Å². The molecule has 0 heterocycles. The first kappa shape index (κ1) is 11.6. The van der Waals surface area contributed by atoms with Crippen LogP contribution in [0.15, 0.2) is 0 Å². The minimum Gasteiger partial charge on any atom is -0.351 e. The van der Waals surface area contributed by atoms with Crippen molar-refractivity contribution in [2.24, 2.45) is 5.73 Å². The fourth-order valence-electron chi connectivity index (χ4n) is 0.535. The van der Waals surface area contributed by atoms with Crippen molar-refractivity contribution in [1.82, 2.24) is 4.90 Å². The Balaban J connectivity index is 0. The predicted molar refractivity (Wildman–Crippen MR) is 32.5 cm³/mol. The Bertz CT molecular complexity index is 83.0. The molecule has 0 atom stereocenters. The van der Waals surface area contributed by atoms with Crippen LogP contribution in [0.1, 0.15) is 13.8 Å². The van der Waals surface area contributed by atoms with Gasteiger partial charge >= 0.3 is 24.9 Å². The molecule has 0 fully saturated rings. The van der Waals surface area contributed by atoms with Gasteiger partial charge in [0.05, 0.1) is 0 Å². The Kier molecular flexibility index (Phi) is 7.75. The Morgan fingerprint density at radius 1 is 1.44 bits per heavy atom. The second-order valence-electron chi connectivity index (χ2n) is 1.51. The second kappa shape index (κ2) is 5.99. The van der Waals surface area contributed by atoms with E-state index >= 15 is 0 Å². The van der Waals surface area contributed by atoms with Crippen molar-refractivity contribution >= 4 is 6.03 Å². The molecule has 0 radical (unpaired) electrons. The maximum absolute atomic E-state index is 10.3. The van der Waals surface area contributed by atoms with Gasteiger partial charge in [-0.15, -0.1) is 0 Å². The standard InChI is InChI=1S/C5H12N2O.Li/c1-3-7(4-2)5(6)8;/h3-4H2,1-2H3,(H2,6,8);/q;+1. The van der Waals surface area contributed by atoms with Crippen molar-refractivity contribution in [3.8, 4) is 0 Å². The number of amides is 2. The molecular formula is C5H12LiN2O+. The van der Waals surface area contributed by atoms with Gasteiger partial charge < -0.3 is 10.6 Å². The summed E-state index contributed by atoms with van der Waals surface area (Å²) in [4.78, 5) is 11.9. The van der Waals surface area contributed by atoms with E-state index in [4.69, 9.17) is 5.73 Å². The minimum absolute atomic E-state index is 0. The van der Waals surface area contributed by atoms with Gasteiger partial charge in [0.25, 0.3) is 0 Å². The minimum atomic E-state index is -0.338. The van der Waals surface area contributed by atoms with Gasteiger partial charge in [-0.25, -0.2) is 4.79 Å². The molecule has 48 valence electrons. The maximum atomic E-state index is 10.3. The van der Waals surface area contributed by atoms with Crippen molar-refractivity contribution < 1.29 is 23.7 Å². The summed E-state index contributed by atoms with van der Waals surface area (Å²) in [5.41, 5.74) is 4.94. The van der Waals surface area contributed by atoms with Crippen LogP contribution in [0.4, 0.5) is 4.79 Å². The number of carbonyl (C=O) groups is 1. The quantitative estimate of drug-likeness (QED) is 0.402. The fourth-order valence-corrected chi connectivity index (χ4v) is 0.535. The maximum Gasteiger partial charge on any atom is 1.00 e. The van der Waals surface area contributed by atoms with Crippen molar-refractivity contribution in [1.29, 1.82) is 0 Å². The van der Waals surface area contributed by atoms with Gasteiger partial charge in [0.1, 0.15) is 0 Å². The third-order valence-electron chi connectivity index (χ3n) is 1.08. The number of nitrogens with two attached hydrogens (primary N) is 1. The monoisotopic (exact) mass is 123 g/mol. The third-order valence-corrected chi connectivity index (χ3v) is 1.08. The average Bonchev–Trinajstić information content (AvgIpc) is 1.69. The molecule has 0 unspecified atom stereocenters. The largest absolute Gasteiger partial charge is 1.00 e. The molecule has 0 aliphatic rings. The Morgan fingerprint density at radius 3 is 1.78 bits per heavy atom. The number of rotatable bonds is 2. The van der Waals surface area contributed by atoms with Gasteiger partial charge in [-0.3, -0.25) is 0 Å². The number of hydrogen-bond acceptors (Lipinski definition) is 1. The summed E-state index contributed by atoms with van der Waals surface area (Å²) in [5.74, 6) is 0. The molecule has 2 N–H and O–H groups in total. The molecule has 0 aromatic rings. The molecular weight excluding hydrogens is 111 g/mol. The van der Waals surface area contributed by atoms with Crippen molar-refractivity contribution in [2.75, 3.05) is 13.1 Å². The SMILES string of the molecule is CCN(CC)C(N)=O.[Li+]. The molecule has 0 aromatic carbocycles. The zero-order chi connectivity index (χ0) is 6.57. The van der Waals surface area contributed by atoms with Gasteiger partial charge in [0, 0.05) is 13.1 Å². The molecule has 0 saturated heterocycles. The molecule has 0 aliphatic heterocycles. The van der Waals surface area contributed by atoms with Crippen LogP contribution >= 0.6 is 0 Å². The average molecular weight is 123 g/mol. The van der Waals surface area contributed by atoms with E-state index in [1.165, 1.54) is 0 Å². The number of hydrogen-bond donors (Lipinski definition) is 1. The van der Waals surface area contributed by atoms with Crippen molar-refractivity contribution in [3.05, 3.63) is 0 Å². The normalized spacial score (nSPS) is 7.78. The van der Waals surface area contributed by atoms with Gasteiger partial charge in [-0.2, -0.15) is 0 Å². The summed E-state index contributed by atoms with van der Waals surface area (Å²) >= 11 is 0. The second-order valence-corrected chi connectivity index (χ2v) is 1.51. The molecule has 4 heteroatoms. The molecule has 2 amide bonds. The van der Waals surface area contributed by atoms with E-state index in [0.29, 0.717) is 13.1 Å². The molecule has 0 spiro atoms. The summed E-state index contributed by atoms with van der Waals surface area (Å²) in [6, 6.07) is -0.338. The summed E-state index contributed by atoms with van der Waals surface area (Å²) < 4.78 is 0. The third kappa shape index (κ3) is 4.38. The first-order valence-electron chi connectivity index (χ1n) is 2.76. The van der Waals surface area contributed by atoms with Crippen LogP contribution in [0.2, 0.25) is 0 Å². The van der Waals surface area contributed by atoms with Gasteiger partial charge in [0.15, 0.2) is 0 Å². The predicted octanol–water partition coefficient (Wildman–Crippen LogP) is -2.59. The van der Waals surface area contributed by atoms with Crippen LogP contribution in [0.25, 0.3) is 0 Å². The Hall–Kier alpha value is -0.133. The molecule has 0 bridgehead atoms. The molecule has 0 rings (SSSR count). The first-order valence-corrected chi connectivity index (χ1v) is 2.76. The fraction of sp³-hybridized carbons (Fsp3) is 0.800. The van der Waals surface area contributed by atoms with Crippen LogP contribution in [0.5, 0.6) is 0 Å². The van der Waals surface area contributed by atoms with Gasteiger partial charge in [0.2, 0.25) is 0 Å². The molecule has 0 aliphatic carbocycles. The number of primary amides is 1. The van der Waals surface area contributed by atoms with E-state index in [9.17, 15) is 4.79 Å². The topological polar surface area (TPSA) is 46.3 Å². The van der Waals surface area contributed by atoms with E-state index < -0.39 is 0 Å². The van der Waals surface area contributed by atoms with E-state index in [1.807, 2.05) is 13.8 Å². The Morgan fingerprint density at radius 2 is 1.78 bits per heavy atom. The van der Waals surface area contributed by atoms with Gasteiger partial charge in [-0.1, -0.05) is 0 Å². The Labute approximate surface area is 67.8 Å². The summed E-state index contributed by atoms with van der Waals surface area (Å²) in [6.45, 7) is 5.19. The van der Waals surface area contributed by atoms with Crippen LogP contribution in [-0.2, 0) is 0 Å².